The number of halogens is 2. The monoisotopic (exact) mass is 359 g/mol. The maximum Gasteiger partial charge on any atom is 0.250 e. The molecule has 1 amide bonds. The molecule has 1 aromatic rings. The molecule has 0 saturated carbocycles. The van der Waals surface area contributed by atoms with Crippen LogP contribution in [0.4, 0.5) is 8.78 Å². The van der Waals surface area contributed by atoms with Crippen LogP contribution < -0.4 is 0 Å². The highest BCUT2D eigenvalue weighted by atomic mass is 19.3. The lowest BCUT2D eigenvalue weighted by Gasteiger charge is -2.36. The molecule has 3 rings (SSSR count). The molecule has 2 aliphatic rings. The van der Waals surface area contributed by atoms with Gasteiger partial charge >= 0.3 is 0 Å². The molecule has 1 unspecified atom stereocenters. The van der Waals surface area contributed by atoms with Crippen LogP contribution in [0, 0.1) is 0 Å². The number of aromatic nitrogens is 3. The van der Waals surface area contributed by atoms with Crippen molar-refractivity contribution in [2.24, 2.45) is 0 Å². The maximum absolute atomic E-state index is 13.2. The molecule has 10 heteroatoms. The number of aliphatic hydroxyl groups is 2. The first-order valence-corrected chi connectivity index (χ1v) is 8.39. The molecule has 8 nitrogen and oxygen atoms in total. The van der Waals surface area contributed by atoms with E-state index in [0.717, 1.165) is 0 Å². The average Bonchev–Trinajstić information content (AvgIpc) is 3.16. The van der Waals surface area contributed by atoms with E-state index in [1.54, 1.807) is 4.90 Å². The smallest absolute Gasteiger partial charge is 0.250 e. The number of nitrogens with zero attached hydrogens (tertiary/aromatic N) is 5. The Kier molecular flexibility index (Phi) is 5.03. The molecule has 0 bridgehead atoms. The van der Waals surface area contributed by atoms with E-state index in [-0.39, 0.29) is 51.5 Å². The number of hydrogen-bond acceptors (Lipinski definition) is 6. The molecule has 1 atom stereocenters. The number of rotatable bonds is 5. The van der Waals surface area contributed by atoms with E-state index in [0.29, 0.717) is 25.2 Å². The molecular formula is C15H23F2N5O3. The fourth-order valence-electron chi connectivity index (χ4n) is 3.38. The quantitative estimate of drug-likeness (QED) is 0.734. The largest absolute Gasteiger partial charge is 0.390 e. The van der Waals surface area contributed by atoms with E-state index >= 15 is 0 Å². The molecular weight excluding hydrogens is 336 g/mol. The first-order valence-electron chi connectivity index (χ1n) is 8.39. The Bertz CT molecular complexity index is 616. The minimum absolute atomic E-state index is 0.0149. The van der Waals surface area contributed by atoms with Gasteiger partial charge in [-0.1, -0.05) is 5.21 Å². The van der Waals surface area contributed by atoms with Crippen LogP contribution in [0.1, 0.15) is 25.0 Å². The summed E-state index contributed by atoms with van der Waals surface area (Å²) in [5.41, 5.74) is -0.686. The average molecular weight is 359 g/mol. The van der Waals surface area contributed by atoms with Crippen molar-refractivity contribution in [1.29, 1.82) is 0 Å². The lowest BCUT2D eigenvalue weighted by Crippen LogP contribution is -2.49. The van der Waals surface area contributed by atoms with E-state index in [1.807, 2.05) is 4.90 Å². The summed E-state index contributed by atoms with van der Waals surface area (Å²) in [6, 6.07) is 0. The van der Waals surface area contributed by atoms with E-state index in [9.17, 15) is 18.7 Å². The van der Waals surface area contributed by atoms with Crippen LogP contribution >= 0.6 is 0 Å². The number of likely N-dealkylation sites (tertiary alicyclic amines) is 2. The fraction of sp³-hybridized carbons (Fsp3) is 0.800. The molecule has 2 saturated heterocycles. The molecule has 2 fully saturated rings. The van der Waals surface area contributed by atoms with Crippen molar-refractivity contribution in [1.82, 2.24) is 24.8 Å². The Morgan fingerprint density at radius 2 is 1.96 bits per heavy atom. The van der Waals surface area contributed by atoms with Crippen molar-refractivity contribution < 1.29 is 23.8 Å². The Morgan fingerprint density at radius 3 is 2.60 bits per heavy atom. The van der Waals surface area contributed by atoms with Crippen LogP contribution in [0.5, 0.6) is 0 Å². The molecule has 140 valence electrons. The van der Waals surface area contributed by atoms with Crippen molar-refractivity contribution in [3.8, 4) is 0 Å². The molecule has 1 aromatic heterocycles. The molecule has 2 N–H and O–H groups in total. The number of carbonyl (C=O) groups is 1. The van der Waals surface area contributed by atoms with Gasteiger partial charge in [0.2, 0.25) is 5.91 Å². The third-order valence-corrected chi connectivity index (χ3v) is 4.84. The van der Waals surface area contributed by atoms with Crippen LogP contribution in [0.3, 0.4) is 0 Å². The highest BCUT2D eigenvalue weighted by molar-refractivity contribution is 5.76. The number of aliphatic hydroxyl groups excluding tert-OH is 1. The summed E-state index contributed by atoms with van der Waals surface area (Å²) in [7, 11) is 0. The van der Waals surface area contributed by atoms with E-state index in [2.05, 4.69) is 10.3 Å². The molecule has 0 radical (unpaired) electrons. The van der Waals surface area contributed by atoms with Gasteiger partial charge in [0.25, 0.3) is 5.92 Å². The summed E-state index contributed by atoms with van der Waals surface area (Å²) in [6.07, 6.45) is 1.54. The first kappa shape index (κ1) is 18.2. The van der Waals surface area contributed by atoms with Gasteiger partial charge < -0.3 is 15.1 Å². The minimum atomic E-state index is -2.61. The van der Waals surface area contributed by atoms with Crippen molar-refractivity contribution in [2.75, 3.05) is 32.7 Å². The standard InChI is InChI=1S/C15H23F2N5O3/c16-15(17)2-4-20(5-3-15)10-14(25)1-6-21(11-14)13(24)8-22-7-12(9-23)18-19-22/h7,23,25H,1-6,8-11H2. The summed E-state index contributed by atoms with van der Waals surface area (Å²) in [6.45, 7) is 1.15. The highest BCUT2D eigenvalue weighted by Gasteiger charge is 2.42. The normalized spacial score (nSPS) is 27.0. The Labute approximate surface area is 144 Å². The fourth-order valence-corrected chi connectivity index (χ4v) is 3.38. The summed E-state index contributed by atoms with van der Waals surface area (Å²) in [5, 5.41) is 27.1. The van der Waals surface area contributed by atoms with Gasteiger partial charge in [-0.25, -0.2) is 13.5 Å². The molecule has 25 heavy (non-hydrogen) atoms. The van der Waals surface area contributed by atoms with Gasteiger partial charge in [-0.05, 0) is 6.42 Å². The van der Waals surface area contributed by atoms with Gasteiger partial charge in [-0.15, -0.1) is 5.10 Å². The third kappa shape index (κ3) is 4.50. The van der Waals surface area contributed by atoms with E-state index in [1.165, 1.54) is 10.9 Å². The Balaban J connectivity index is 1.50. The summed E-state index contributed by atoms with van der Waals surface area (Å²) in [4.78, 5) is 15.7. The number of carbonyl (C=O) groups excluding carboxylic acids is 1. The van der Waals surface area contributed by atoms with Gasteiger partial charge in [0.05, 0.1) is 24.9 Å². The predicted octanol–water partition coefficient (Wildman–Crippen LogP) is -0.535. The number of piperidine rings is 1. The Morgan fingerprint density at radius 1 is 1.24 bits per heavy atom. The van der Waals surface area contributed by atoms with Crippen LogP contribution in [0.25, 0.3) is 0 Å². The van der Waals surface area contributed by atoms with Gasteiger partial charge in [-0.2, -0.15) is 0 Å². The SMILES string of the molecule is O=C(Cn1cc(CO)nn1)N1CCC(O)(CN2CCC(F)(F)CC2)C1. The Hall–Kier alpha value is -1.65. The van der Waals surface area contributed by atoms with Gasteiger partial charge in [0.15, 0.2) is 0 Å². The zero-order valence-electron chi connectivity index (χ0n) is 13.9. The lowest BCUT2D eigenvalue weighted by atomic mass is 10.00. The zero-order valence-corrected chi connectivity index (χ0v) is 13.9. The molecule has 0 aromatic carbocycles. The predicted molar refractivity (Wildman–Crippen MR) is 82.7 cm³/mol. The number of hydrogen-bond donors (Lipinski definition) is 2. The number of amides is 1. The second kappa shape index (κ2) is 6.93. The van der Waals surface area contributed by atoms with Gasteiger partial charge in [0, 0.05) is 39.0 Å². The molecule has 0 aliphatic carbocycles. The van der Waals surface area contributed by atoms with Crippen molar-refractivity contribution in [2.45, 2.75) is 43.9 Å². The summed E-state index contributed by atoms with van der Waals surface area (Å²) >= 11 is 0. The third-order valence-electron chi connectivity index (χ3n) is 4.84. The molecule has 0 spiro atoms. The van der Waals surface area contributed by atoms with Crippen LogP contribution in [-0.2, 0) is 17.9 Å². The minimum Gasteiger partial charge on any atom is -0.390 e. The lowest BCUT2D eigenvalue weighted by molar-refractivity contribution is -0.132. The topological polar surface area (TPSA) is 94.7 Å². The van der Waals surface area contributed by atoms with Crippen LogP contribution in [-0.4, -0.2) is 85.2 Å². The molecule has 2 aliphatic heterocycles. The summed E-state index contributed by atoms with van der Waals surface area (Å²) in [5.74, 6) is -2.81. The number of alkyl halides is 2. The second-order valence-electron chi connectivity index (χ2n) is 6.99. The van der Waals surface area contributed by atoms with Crippen molar-refractivity contribution >= 4 is 5.91 Å². The maximum atomic E-state index is 13.2. The van der Waals surface area contributed by atoms with Crippen molar-refractivity contribution in [3.05, 3.63) is 11.9 Å². The van der Waals surface area contributed by atoms with E-state index < -0.39 is 11.5 Å². The number of β-amino-alcohol motifs (C(OH)–C–C–N with tert-alkyl or cyclic N) is 1. The van der Waals surface area contributed by atoms with E-state index in [4.69, 9.17) is 5.11 Å². The van der Waals surface area contributed by atoms with Gasteiger partial charge in [0.1, 0.15) is 12.2 Å². The highest BCUT2D eigenvalue weighted by Crippen LogP contribution is 2.30. The summed E-state index contributed by atoms with van der Waals surface area (Å²) < 4.78 is 27.8. The second-order valence-corrected chi connectivity index (χ2v) is 6.99. The first-order chi connectivity index (χ1) is 11.8. The van der Waals surface area contributed by atoms with Crippen molar-refractivity contribution in [3.63, 3.8) is 0 Å². The zero-order chi connectivity index (χ0) is 18.1. The van der Waals surface area contributed by atoms with Crippen LogP contribution in [0.15, 0.2) is 6.20 Å². The van der Waals surface area contributed by atoms with Crippen LogP contribution in [0.2, 0.25) is 0 Å². The van der Waals surface area contributed by atoms with Gasteiger partial charge in [-0.3, -0.25) is 9.69 Å². The molecule has 3 heterocycles.